The quantitative estimate of drug-likeness (QED) is 0.481. The summed E-state index contributed by atoms with van der Waals surface area (Å²) in [7, 11) is 1.68. The Morgan fingerprint density at radius 3 is 2.73 bits per heavy atom. The molecule has 26 heavy (non-hydrogen) atoms. The van der Waals surface area contributed by atoms with Gasteiger partial charge in [-0.05, 0) is 29.7 Å². The number of aromatic nitrogens is 2. The molecule has 1 aliphatic rings. The average molecular weight is 404 g/mol. The third-order valence-corrected chi connectivity index (χ3v) is 8.05. The molecule has 3 aromatic rings. The summed E-state index contributed by atoms with van der Waals surface area (Å²) in [5, 5.41) is 1.82. The number of rotatable bonds is 4. The van der Waals surface area contributed by atoms with Gasteiger partial charge in [0.25, 0.3) is 0 Å². The van der Waals surface area contributed by atoms with E-state index >= 15 is 0 Å². The molecule has 0 unspecified atom stereocenters. The second kappa shape index (κ2) is 6.94. The molecular weight excluding hydrogens is 382 g/mol. The third-order valence-electron chi connectivity index (χ3n) is 4.47. The normalized spacial score (nSPS) is 15.8. The van der Waals surface area contributed by atoms with Crippen LogP contribution in [0.15, 0.2) is 29.4 Å². The summed E-state index contributed by atoms with van der Waals surface area (Å²) < 4.78 is 5.45. The summed E-state index contributed by atoms with van der Waals surface area (Å²) >= 11 is 5.40. The van der Waals surface area contributed by atoms with E-state index in [0.29, 0.717) is 5.82 Å². The van der Waals surface area contributed by atoms with E-state index in [2.05, 4.69) is 31.0 Å². The molecule has 0 aliphatic carbocycles. The monoisotopic (exact) mass is 403 g/mol. The average Bonchev–Trinajstić information content (AvgIpc) is 2.97. The van der Waals surface area contributed by atoms with E-state index < -0.39 is 0 Å². The predicted molar refractivity (Wildman–Crippen MR) is 113 cm³/mol. The molecule has 4 rings (SSSR count). The van der Waals surface area contributed by atoms with E-state index in [-0.39, 0.29) is 4.75 Å². The minimum Gasteiger partial charge on any atom is -0.497 e. The zero-order valence-electron chi connectivity index (χ0n) is 15.0. The summed E-state index contributed by atoms with van der Waals surface area (Å²) in [6, 6.07) is 8.08. The molecule has 136 valence electrons. The minimum atomic E-state index is 0.245. The van der Waals surface area contributed by atoms with Gasteiger partial charge in [0.15, 0.2) is 5.16 Å². The highest BCUT2D eigenvalue weighted by atomic mass is 32.2. The summed E-state index contributed by atoms with van der Waals surface area (Å²) in [4.78, 5) is 11.8. The minimum absolute atomic E-state index is 0.245. The first-order valence-corrected chi connectivity index (χ1v) is 11.2. The van der Waals surface area contributed by atoms with Gasteiger partial charge in [-0.2, -0.15) is 0 Å². The lowest BCUT2D eigenvalue weighted by molar-refractivity contribution is 0.414. The van der Waals surface area contributed by atoms with Gasteiger partial charge in [0, 0.05) is 21.1 Å². The van der Waals surface area contributed by atoms with Crippen LogP contribution in [0, 0.1) is 0 Å². The first-order chi connectivity index (χ1) is 12.4. The summed E-state index contributed by atoms with van der Waals surface area (Å²) in [6.45, 7) is 4.58. The van der Waals surface area contributed by atoms with E-state index in [1.54, 1.807) is 30.2 Å². The lowest BCUT2D eigenvalue weighted by Gasteiger charge is -2.28. The molecule has 1 aliphatic heterocycles. The third kappa shape index (κ3) is 3.52. The van der Waals surface area contributed by atoms with Crippen LogP contribution in [0.1, 0.15) is 29.9 Å². The number of nitrogen functional groups attached to an aromatic ring is 1. The van der Waals surface area contributed by atoms with Crippen LogP contribution >= 0.6 is 34.9 Å². The van der Waals surface area contributed by atoms with Gasteiger partial charge in [-0.15, -0.1) is 23.1 Å². The topological polar surface area (TPSA) is 61.0 Å². The van der Waals surface area contributed by atoms with Gasteiger partial charge < -0.3 is 10.5 Å². The maximum Gasteiger partial charge on any atom is 0.191 e. The van der Waals surface area contributed by atoms with Gasteiger partial charge in [-0.3, -0.25) is 0 Å². The fourth-order valence-corrected chi connectivity index (χ4v) is 6.30. The van der Waals surface area contributed by atoms with Gasteiger partial charge in [-0.25, -0.2) is 9.97 Å². The van der Waals surface area contributed by atoms with Crippen molar-refractivity contribution >= 4 is 50.9 Å². The van der Waals surface area contributed by atoms with Crippen LogP contribution in [0.2, 0.25) is 0 Å². The summed E-state index contributed by atoms with van der Waals surface area (Å²) in [5.41, 5.74) is 8.91. The molecule has 4 nitrogen and oxygen atoms in total. The van der Waals surface area contributed by atoms with Gasteiger partial charge >= 0.3 is 0 Å². The largest absolute Gasteiger partial charge is 0.497 e. The van der Waals surface area contributed by atoms with E-state index in [1.165, 1.54) is 16.0 Å². The van der Waals surface area contributed by atoms with Crippen molar-refractivity contribution in [2.24, 2.45) is 0 Å². The van der Waals surface area contributed by atoms with Crippen LogP contribution in [-0.4, -0.2) is 21.8 Å². The molecule has 2 N–H and O–H groups in total. The van der Waals surface area contributed by atoms with Crippen LogP contribution in [0.5, 0.6) is 5.75 Å². The Kier molecular flexibility index (Phi) is 4.79. The molecule has 0 fully saturated rings. The Labute approximate surface area is 165 Å². The Morgan fingerprint density at radius 1 is 1.23 bits per heavy atom. The van der Waals surface area contributed by atoms with Crippen LogP contribution in [-0.2, 0) is 17.9 Å². The second-order valence-electron chi connectivity index (χ2n) is 6.94. The Balaban J connectivity index is 1.59. The number of anilines is 1. The van der Waals surface area contributed by atoms with Crippen LogP contribution in [0.4, 0.5) is 5.82 Å². The maximum atomic E-state index is 6.34. The Hall–Kier alpha value is -1.44. The number of ether oxygens (including phenoxy) is 1. The van der Waals surface area contributed by atoms with E-state index in [4.69, 9.17) is 15.5 Å². The molecule has 0 bridgehead atoms. The Bertz CT molecular complexity index is 951. The smallest absolute Gasteiger partial charge is 0.191 e. The van der Waals surface area contributed by atoms with Crippen LogP contribution in [0.3, 0.4) is 0 Å². The van der Waals surface area contributed by atoms with Crippen molar-refractivity contribution < 1.29 is 4.74 Å². The fourth-order valence-electron chi connectivity index (χ4n) is 3.09. The summed E-state index contributed by atoms with van der Waals surface area (Å²) in [6.07, 6.45) is 1.03. The number of methoxy groups -OCH3 is 1. The standard InChI is InChI=1S/C19H21N3OS3/c1-19(2)8-13-14(10-25-19)26-17-15(13)16(20)21-18(22-17)24-9-11-4-6-12(23-3)7-5-11/h4-7H,8-10H2,1-3H3,(H2,20,21,22). The molecule has 3 heterocycles. The molecular formula is C19H21N3OS3. The molecule has 0 radical (unpaired) electrons. The molecule has 0 amide bonds. The van der Waals surface area contributed by atoms with Crippen molar-refractivity contribution in [1.29, 1.82) is 0 Å². The molecule has 1 aromatic carbocycles. The number of hydrogen-bond acceptors (Lipinski definition) is 7. The lowest BCUT2D eigenvalue weighted by atomic mass is 9.99. The zero-order chi connectivity index (χ0) is 18.3. The fraction of sp³-hybridized carbons (Fsp3) is 0.368. The number of hydrogen-bond donors (Lipinski definition) is 1. The van der Waals surface area contributed by atoms with Crippen molar-refractivity contribution in [2.45, 2.75) is 41.7 Å². The summed E-state index contributed by atoms with van der Waals surface area (Å²) in [5.74, 6) is 3.33. The van der Waals surface area contributed by atoms with E-state index in [9.17, 15) is 0 Å². The molecule has 0 spiro atoms. The molecule has 7 heteroatoms. The zero-order valence-corrected chi connectivity index (χ0v) is 17.5. The maximum absolute atomic E-state index is 6.34. The SMILES string of the molecule is COc1ccc(CSc2nc(N)c3c4c(sc3n2)CSC(C)(C)C4)cc1. The number of nitrogens with two attached hydrogens (primary N) is 1. The number of thiophene rings is 1. The second-order valence-corrected chi connectivity index (χ2v) is 10.6. The number of nitrogens with zero attached hydrogens (tertiary/aromatic N) is 2. The van der Waals surface area contributed by atoms with Gasteiger partial charge in [0.05, 0.1) is 12.5 Å². The van der Waals surface area contributed by atoms with Crippen LogP contribution in [0.25, 0.3) is 10.2 Å². The number of fused-ring (bicyclic) bond motifs is 3. The van der Waals surface area contributed by atoms with Crippen molar-refractivity contribution in [3.05, 3.63) is 40.3 Å². The first-order valence-electron chi connectivity index (χ1n) is 8.42. The number of benzene rings is 1. The number of thioether (sulfide) groups is 2. The first kappa shape index (κ1) is 17.9. The van der Waals surface area contributed by atoms with Crippen molar-refractivity contribution in [1.82, 2.24) is 9.97 Å². The van der Waals surface area contributed by atoms with Gasteiger partial charge in [0.2, 0.25) is 0 Å². The van der Waals surface area contributed by atoms with Crippen molar-refractivity contribution in [2.75, 3.05) is 12.8 Å². The molecule has 0 atom stereocenters. The molecule has 0 saturated carbocycles. The highest BCUT2D eigenvalue weighted by Gasteiger charge is 2.30. The van der Waals surface area contributed by atoms with E-state index in [1.807, 2.05) is 23.9 Å². The lowest BCUT2D eigenvalue weighted by Crippen LogP contribution is -2.22. The van der Waals surface area contributed by atoms with Gasteiger partial charge in [0.1, 0.15) is 16.4 Å². The molecule has 0 saturated heterocycles. The highest BCUT2D eigenvalue weighted by molar-refractivity contribution is 8.00. The van der Waals surface area contributed by atoms with Crippen molar-refractivity contribution in [3.63, 3.8) is 0 Å². The highest BCUT2D eigenvalue weighted by Crippen LogP contribution is 2.46. The molecule has 2 aromatic heterocycles. The van der Waals surface area contributed by atoms with Gasteiger partial charge in [-0.1, -0.05) is 37.7 Å². The Morgan fingerprint density at radius 2 is 2.00 bits per heavy atom. The van der Waals surface area contributed by atoms with E-state index in [0.717, 1.165) is 39.0 Å². The van der Waals surface area contributed by atoms with Crippen LogP contribution < -0.4 is 10.5 Å². The predicted octanol–water partition coefficient (Wildman–Crippen LogP) is 5.14. The van der Waals surface area contributed by atoms with Crippen molar-refractivity contribution in [3.8, 4) is 5.75 Å².